The Labute approximate surface area is 154 Å². The summed E-state index contributed by atoms with van der Waals surface area (Å²) in [7, 11) is 1.38. The van der Waals surface area contributed by atoms with E-state index in [4.69, 9.17) is 4.74 Å². The number of ether oxygens (including phenoxy) is 2. The lowest BCUT2D eigenvalue weighted by molar-refractivity contribution is -0.130. The van der Waals surface area contributed by atoms with E-state index in [0.29, 0.717) is 5.69 Å². The van der Waals surface area contributed by atoms with Crippen molar-refractivity contribution in [3.63, 3.8) is 0 Å². The highest BCUT2D eigenvalue weighted by Crippen LogP contribution is 2.35. The molecular weight excluding hydrogens is 362 g/mol. The smallest absolute Gasteiger partial charge is 0.387 e. The molecule has 3 rings (SSSR count). The van der Waals surface area contributed by atoms with E-state index < -0.39 is 6.61 Å². The van der Waals surface area contributed by atoms with Crippen LogP contribution in [0.4, 0.5) is 14.5 Å². The molecule has 1 aromatic heterocycles. The Bertz CT molecular complexity index is 740. The van der Waals surface area contributed by atoms with Crippen LogP contribution in [0.1, 0.15) is 23.8 Å². The van der Waals surface area contributed by atoms with Gasteiger partial charge in [-0.3, -0.25) is 4.79 Å². The molecule has 1 N–H and O–H groups in total. The van der Waals surface area contributed by atoms with Crippen molar-refractivity contribution in [2.45, 2.75) is 25.5 Å². The Morgan fingerprint density at radius 1 is 1.38 bits per heavy atom. The average Bonchev–Trinajstić information content (AvgIpc) is 3.30. The predicted octanol–water partition coefficient (Wildman–Crippen LogP) is 4.13. The summed E-state index contributed by atoms with van der Waals surface area (Å²) in [6.45, 7) is -2.13. The van der Waals surface area contributed by atoms with E-state index in [1.165, 1.54) is 24.1 Å². The van der Waals surface area contributed by atoms with E-state index in [-0.39, 0.29) is 30.0 Å². The zero-order valence-corrected chi connectivity index (χ0v) is 15.1. The number of likely N-dealkylation sites (tertiary alicyclic amines) is 1. The molecule has 140 valence electrons. The number of anilines is 1. The van der Waals surface area contributed by atoms with Crippen LogP contribution in [0.2, 0.25) is 0 Å². The number of methoxy groups -OCH3 is 1. The largest absolute Gasteiger partial charge is 0.493 e. The van der Waals surface area contributed by atoms with Crippen LogP contribution in [0.3, 0.4) is 0 Å². The lowest BCUT2D eigenvalue weighted by Gasteiger charge is -2.24. The SMILES string of the molecule is COc1ccc(NCC(=O)N2CCCC2c2cccs2)cc1OC(F)F. The van der Waals surface area contributed by atoms with E-state index in [9.17, 15) is 13.6 Å². The maximum atomic E-state index is 12.6. The van der Waals surface area contributed by atoms with Crippen LogP contribution >= 0.6 is 11.3 Å². The molecule has 1 aromatic carbocycles. The summed E-state index contributed by atoms with van der Waals surface area (Å²) in [5.74, 6) is 0.116. The highest BCUT2D eigenvalue weighted by atomic mass is 32.1. The molecule has 2 heterocycles. The first kappa shape index (κ1) is 18.4. The predicted molar refractivity (Wildman–Crippen MR) is 96.1 cm³/mol. The number of carbonyl (C=O) groups is 1. The number of rotatable bonds is 7. The third kappa shape index (κ3) is 4.24. The number of hydrogen-bond acceptors (Lipinski definition) is 5. The van der Waals surface area contributed by atoms with Crippen LogP contribution in [0.5, 0.6) is 11.5 Å². The van der Waals surface area contributed by atoms with Gasteiger partial charge in [0, 0.05) is 23.2 Å². The molecule has 1 fully saturated rings. The summed E-state index contributed by atoms with van der Waals surface area (Å²) in [6.07, 6.45) is 1.93. The molecule has 0 saturated carbocycles. The van der Waals surface area contributed by atoms with Crippen molar-refractivity contribution in [3.05, 3.63) is 40.6 Å². The number of thiophene rings is 1. The van der Waals surface area contributed by atoms with Gasteiger partial charge in [-0.25, -0.2) is 0 Å². The number of nitrogens with one attached hydrogen (secondary N) is 1. The summed E-state index contributed by atoms with van der Waals surface area (Å²) in [5, 5.41) is 4.99. The van der Waals surface area contributed by atoms with Crippen LogP contribution in [0.15, 0.2) is 35.7 Å². The summed E-state index contributed by atoms with van der Waals surface area (Å²) in [4.78, 5) is 15.7. The molecule has 0 radical (unpaired) electrons. The molecule has 1 amide bonds. The molecule has 2 aromatic rings. The Kier molecular flexibility index (Phi) is 5.92. The Morgan fingerprint density at radius 2 is 2.23 bits per heavy atom. The second kappa shape index (κ2) is 8.35. The van der Waals surface area contributed by atoms with Gasteiger partial charge in [0.05, 0.1) is 19.7 Å². The second-order valence-electron chi connectivity index (χ2n) is 5.86. The summed E-state index contributed by atoms with van der Waals surface area (Å²) in [5.41, 5.74) is 0.515. The number of nitrogens with zero attached hydrogens (tertiary/aromatic N) is 1. The van der Waals surface area contributed by atoms with Crippen LogP contribution < -0.4 is 14.8 Å². The van der Waals surface area contributed by atoms with E-state index in [1.807, 2.05) is 22.4 Å². The van der Waals surface area contributed by atoms with Crippen LogP contribution in [0, 0.1) is 0 Å². The maximum absolute atomic E-state index is 12.6. The quantitative estimate of drug-likeness (QED) is 0.782. The van der Waals surface area contributed by atoms with Crippen molar-refractivity contribution in [3.8, 4) is 11.5 Å². The van der Waals surface area contributed by atoms with Gasteiger partial charge in [0.25, 0.3) is 0 Å². The van der Waals surface area contributed by atoms with Crippen molar-refractivity contribution in [1.29, 1.82) is 0 Å². The van der Waals surface area contributed by atoms with Gasteiger partial charge in [-0.05, 0) is 36.4 Å². The topological polar surface area (TPSA) is 50.8 Å². The molecule has 0 bridgehead atoms. The van der Waals surface area contributed by atoms with E-state index in [1.54, 1.807) is 17.4 Å². The number of hydrogen-bond donors (Lipinski definition) is 1. The van der Waals surface area contributed by atoms with Crippen LogP contribution in [-0.4, -0.2) is 37.6 Å². The van der Waals surface area contributed by atoms with Crippen molar-refractivity contribution < 1.29 is 23.0 Å². The fraction of sp³-hybridized carbons (Fsp3) is 0.389. The first-order chi connectivity index (χ1) is 12.6. The third-order valence-electron chi connectivity index (χ3n) is 4.27. The van der Waals surface area contributed by atoms with Crippen molar-refractivity contribution in [2.75, 3.05) is 25.5 Å². The molecular formula is C18H20F2N2O3S. The van der Waals surface area contributed by atoms with E-state index in [2.05, 4.69) is 10.1 Å². The molecule has 1 atom stereocenters. The third-order valence-corrected chi connectivity index (χ3v) is 5.24. The molecule has 8 heteroatoms. The minimum atomic E-state index is -2.95. The van der Waals surface area contributed by atoms with Gasteiger partial charge in [0.15, 0.2) is 11.5 Å². The van der Waals surface area contributed by atoms with E-state index in [0.717, 1.165) is 19.4 Å². The summed E-state index contributed by atoms with van der Waals surface area (Å²) < 4.78 is 34.5. The number of benzene rings is 1. The molecule has 0 aliphatic carbocycles. The molecule has 0 spiro atoms. The number of carbonyl (C=O) groups excluding carboxylic acids is 1. The highest BCUT2D eigenvalue weighted by molar-refractivity contribution is 7.10. The molecule has 1 aliphatic rings. The van der Waals surface area contributed by atoms with Crippen molar-refractivity contribution in [1.82, 2.24) is 4.90 Å². The minimum absolute atomic E-state index is 0.0203. The molecule has 26 heavy (non-hydrogen) atoms. The monoisotopic (exact) mass is 382 g/mol. The normalized spacial score (nSPS) is 16.8. The number of halogens is 2. The Hall–Kier alpha value is -2.35. The van der Waals surface area contributed by atoms with Crippen LogP contribution in [-0.2, 0) is 4.79 Å². The lowest BCUT2D eigenvalue weighted by atomic mass is 10.2. The van der Waals surface area contributed by atoms with Gasteiger partial charge in [-0.1, -0.05) is 6.07 Å². The molecule has 1 saturated heterocycles. The fourth-order valence-corrected chi connectivity index (χ4v) is 3.97. The van der Waals surface area contributed by atoms with Gasteiger partial charge in [-0.15, -0.1) is 11.3 Å². The van der Waals surface area contributed by atoms with Gasteiger partial charge in [0.2, 0.25) is 5.91 Å². The number of alkyl halides is 2. The van der Waals surface area contributed by atoms with Crippen molar-refractivity contribution >= 4 is 22.9 Å². The Morgan fingerprint density at radius 3 is 2.92 bits per heavy atom. The summed E-state index contributed by atoms with van der Waals surface area (Å²) in [6, 6.07) is 8.74. The molecule has 1 aliphatic heterocycles. The molecule has 5 nitrogen and oxygen atoms in total. The second-order valence-corrected chi connectivity index (χ2v) is 6.84. The first-order valence-corrected chi connectivity index (χ1v) is 9.16. The lowest BCUT2D eigenvalue weighted by Crippen LogP contribution is -2.34. The van der Waals surface area contributed by atoms with Crippen molar-refractivity contribution in [2.24, 2.45) is 0 Å². The Balaban J connectivity index is 1.64. The van der Waals surface area contributed by atoms with Crippen LogP contribution in [0.25, 0.3) is 0 Å². The average molecular weight is 382 g/mol. The van der Waals surface area contributed by atoms with Gasteiger partial charge < -0.3 is 19.7 Å². The highest BCUT2D eigenvalue weighted by Gasteiger charge is 2.30. The first-order valence-electron chi connectivity index (χ1n) is 8.28. The maximum Gasteiger partial charge on any atom is 0.387 e. The zero-order chi connectivity index (χ0) is 18.5. The van der Waals surface area contributed by atoms with Gasteiger partial charge in [-0.2, -0.15) is 8.78 Å². The minimum Gasteiger partial charge on any atom is -0.493 e. The standard InChI is InChI=1S/C18H20F2N2O3S/c1-24-14-7-6-12(10-15(14)25-18(19)20)21-11-17(23)22-8-2-4-13(22)16-5-3-9-26-16/h3,5-7,9-10,13,18,21H,2,4,8,11H2,1H3. The number of amides is 1. The van der Waals surface area contributed by atoms with Gasteiger partial charge in [0.1, 0.15) is 0 Å². The van der Waals surface area contributed by atoms with Gasteiger partial charge >= 0.3 is 6.61 Å². The summed E-state index contributed by atoms with van der Waals surface area (Å²) >= 11 is 1.65. The molecule has 1 unspecified atom stereocenters. The van der Waals surface area contributed by atoms with E-state index >= 15 is 0 Å². The fourth-order valence-electron chi connectivity index (χ4n) is 3.10. The zero-order valence-electron chi connectivity index (χ0n) is 14.3.